The van der Waals surface area contributed by atoms with Crippen molar-refractivity contribution in [1.82, 2.24) is 15.3 Å². The predicted molar refractivity (Wildman–Crippen MR) is 119 cm³/mol. The zero-order valence-electron chi connectivity index (χ0n) is 18.1. The number of nitrogens with one attached hydrogen (secondary N) is 1. The fourth-order valence-corrected chi connectivity index (χ4v) is 7.31. The van der Waals surface area contributed by atoms with Gasteiger partial charge < -0.3 is 20.4 Å². The van der Waals surface area contributed by atoms with Crippen molar-refractivity contribution < 1.29 is 29.8 Å². The Morgan fingerprint density at radius 3 is 2.58 bits per heavy atom. The molecule has 3 aliphatic rings. The molecule has 7 atom stereocenters. The summed E-state index contributed by atoms with van der Waals surface area (Å²) >= 11 is 2.93. The van der Waals surface area contributed by atoms with Crippen LogP contribution in [0.4, 0.5) is 0 Å². The molecule has 0 aromatic rings. The monoisotopic (exact) mass is 473 g/mol. The Bertz CT molecular complexity index is 776. The second-order valence-electron chi connectivity index (χ2n) is 8.19. The van der Waals surface area contributed by atoms with Crippen molar-refractivity contribution in [3.63, 3.8) is 0 Å². The first-order chi connectivity index (χ1) is 14.6. The lowest BCUT2D eigenvalue weighted by Crippen LogP contribution is -2.63. The number of β-lactam (4-membered cyclic amide) rings is 1. The van der Waals surface area contributed by atoms with E-state index in [0.717, 1.165) is 10.8 Å². The number of fused-ring (bicyclic) bond motifs is 1. The standard InChI is InChI=1S/C20H31N3O6S2/c1-5-22(29)19(26)17(30-6-2)12-7-11(8-21-12)31-16-9(3)14-13(10(4)24)18(25)23(14)15(16)20(27)28/h9-14,17,21,24,29H,5-8H2,1-4H3,(H,27,28)/t9-,10-,11+,12+,13-,14-,17?/m1/s1. The highest BCUT2D eigenvalue weighted by Gasteiger charge is 2.60. The van der Waals surface area contributed by atoms with Crippen LogP contribution >= 0.6 is 23.5 Å². The van der Waals surface area contributed by atoms with E-state index in [0.29, 0.717) is 17.9 Å². The van der Waals surface area contributed by atoms with Crippen molar-refractivity contribution in [2.45, 2.75) is 62.8 Å². The Morgan fingerprint density at radius 1 is 1.35 bits per heavy atom. The number of carboxylic acid groups (broad SMARTS) is 1. The van der Waals surface area contributed by atoms with Gasteiger partial charge >= 0.3 is 5.97 Å². The Hall–Kier alpha value is -1.27. The third-order valence-electron chi connectivity index (χ3n) is 6.24. The van der Waals surface area contributed by atoms with Crippen molar-refractivity contribution >= 4 is 41.3 Å². The molecule has 174 valence electrons. The Labute approximate surface area is 190 Å². The smallest absolute Gasteiger partial charge is 0.353 e. The fraction of sp³-hybridized carbons (Fsp3) is 0.750. The number of thioether (sulfide) groups is 2. The van der Waals surface area contributed by atoms with Crippen LogP contribution in [0.5, 0.6) is 0 Å². The first kappa shape index (κ1) is 24.4. The first-order valence-electron chi connectivity index (χ1n) is 10.6. The fourth-order valence-electron chi connectivity index (χ4n) is 4.75. The lowest BCUT2D eigenvalue weighted by Gasteiger charge is -2.46. The molecular weight excluding hydrogens is 442 g/mol. The highest BCUT2D eigenvalue weighted by atomic mass is 32.2. The third-order valence-corrected chi connectivity index (χ3v) is 8.97. The van der Waals surface area contributed by atoms with E-state index in [9.17, 15) is 29.8 Å². The molecule has 11 heteroatoms. The lowest BCUT2D eigenvalue weighted by molar-refractivity contribution is -0.164. The van der Waals surface area contributed by atoms with Gasteiger partial charge in [-0.05, 0) is 26.0 Å². The van der Waals surface area contributed by atoms with E-state index in [-0.39, 0.29) is 47.3 Å². The van der Waals surface area contributed by atoms with Gasteiger partial charge in [-0.15, -0.1) is 23.5 Å². The van der Waals surface area contributed by atoms with Crippen molar-refractivity contribution in [2.24, 2.45) is 11.8 Å². The van der Waals surface area contributed by atoms with Crippen LogP contribution in [0.25, 0.3) is 0 Å². The number of carbonyl (C=O) groups excluding carboxylic acids is 2. The molecule has 2 fully saturated rings. The van der Waals surface area contributed by atoms with Gasteiger partial charge in [-0.25, -0.2) is 9.86 Å². The number of carbonyl (C=O) groups is 3. The summed E-state index contributed by atoms with van der Waals surface area (Å²) < 4.78 is 0. The topological polar surface area (TPSA) is 130 Å². The highest BCUT2D eigenvalue weighted by Crippen LogP contribution is 2.52. The summed E-state index contributed by atoms with van der Waals surface area (Å²) in [5, 5.41) is 33.4. The average Bonchev–Trinajstić information content (AvgIpc) is 3.26. The second-order valence-corrected chi connectivity index (χ2v) is 11.0. The zero-order valence-corrected chi connectivity index (χ0v) is 19.8. The quantitative estimate of drug-likeness (QED) is 0.220. The maximum absolute atomic E-state index is 12.6. The van der Waals surface area contributed by atoms with E-state index in [1.807, 2.05) is 13.8 Å². The summed E-state index contributed by atoms with van der Waals surface area (Å²) in [6.45, 7) is 7.95. The van der Waals surface area contributed by atoms with E-state index in [1.54, 1.807) is 13.8 Å². The number of hydrogen-bond acceptors (Lipinski definition) is 8. The summed E-state index contributed by atoms with van der Waals surface area (Å²) in [5.74, 6) is -1.83. The predicted octanol–water partition coefficient (Wildman–Crippen LogP) is 0.963. The molecule has 2 saturated heterocycles. The highest BCUT2D eigenvalue weighted by molar-refractivity contribution is 8.03. The molecule has 3 heterocycles. The van der Waals surface area contributed by atoms with Gasteiger partial charge in [0.2, 0.25) is 5.91 Å². The van der Waals surface area contributed by atoms with Gasteiger partial charge in [0.1, 0.15) is 10.9 Å². The van der Waals surface area contributed by atoms with Gasteiger partial charge in [0.05, 0.1) is 18.1 Å². The number of carboxylic acids is 1. The number of nitrogens with zero attached hydrogens (tertiary/aromatic N) is 2. The molecule has 1 unspecified atom stereocenters. The number of aliphatic carboxylic acids is 1. The molecule has 0 spiro atoms. The van der Waals surface area contributed by atoms with E-state index in [4.69, 9.17) is 0 Å². The molecule has 2 amide bonds. The summed E-state index contributed by atoms with van der Waals surface area (Å²) in [5.41, 5.74) is 0.0240. The largest absolute Gasteiger partial charge is 0.477 e. The van der Waals surface area contributed by atoms with Crippen molar-refractivity contribution in [3.05, 3.63) is 10.6 Å². The molecular formula is C20H31N3O6S2. The minimum absolute atomic E-state index is 0.0240. The van der Waals surface area contributed by atoms with Gasteiger partial charge in [0.15, 0.2) is 0 Å². The van der Waals surface area contributed by atoms with Crippen LogP contribution in [0, 0.1) is 11.8 Å². The number of aliphatic hydroxyl groups excluding tert-OH is 1. The van der Waals surface area contributed by atoms with E-state index in [1.165, 1.54) is 28.4 Å². The van der Waals surface area contributed by atoms with Gasteiger partial charge in [0.25, 0.3) is 5.91 Å². The normalized spacial score (nSPS) is 32.0. The molecule has 4 N–H and O–H groups in total. The van der Waals surface area contributed by atoms with Crippen molar-refractivity contribution in [2.75, 3.05) is 18.8 Å². The van der Waals surface area contributed by atoms with Gasteiger partial charge in [-0.3, -0.25) is 14.8 Å². The lowest BCUT2D eigenvalue weighted by atomic mass is 9.79. The van der Waals surface area contributed by atoms with Gasteiger partial charge in [-0.2, -0.15) is 0 Å². The Balaban J connectivity index is 1.75. The molecule has 9 nitrogen and oxygen atoms in total. The first-order valence-corrected chi connectivity index (χ1v) is 12.6. The van der Waals surface area contributed by atoms with Crippen LogP contribution in [0.3, 0.4) is 0 Å². The summed E-state index contributed by atoms with van der Waals surface area (Å²) in [6, 6.07) is -0.464. The SMILES string of the molecule is CCSC(C(=O)N(O)CC)[C@@H]1C[C@H](SC2=C(C(=O)O)N3C(=O)[C@H]([C@@H](C)O)[C@H]3[C@H]2C)CN1. The van der Waals surface area contributed by atoms with E-state index >= 15 is 0 Å². The van der Waals surface area contributed by atoms with Crippen LogP contribution in [0.2, 0.25) is 0 Å². The number of amides is 2. The number of hydroxylamine groups is 2. The molecule has 0 aliphatic carbocycles. The average molecular weight is 474 g/mol. The minimum atomic E-state index is -1.13. The van der Waals surface area contributed by atoms with Crippen LogP contribution < -0.4 is 5.32 Å². The molecule has 0 saturated carbocycles. The van der Waals surface area contributed by atoms with Crippen molar-refractivity contribution in [3.8, 4) is 0 Å². The third kappa shape index (κ3) is 4.35. The number of hydrogen-bond donors (Lipinski definition) is 4. The summed E-state index contributed by atoms with van der Waals surface area (Å²) in [7, 11) is 0. The number of aliphatic hydroxyl groups is 1. The molecule has 31 heavy (non-hydrogen) atoms. The minimum Gasteiger partial charge on any atom is -0.477 e. The van der Waals surface area contributed by atoms with Crippen LogP contribution in [-0.4, -0.2) is 90.7 Å². The summed E-state index contributed by atoms with van der Waals surface area (Å²) in [6.07, 6.45) is -0.182. The molecule has 0 bridgehead atoms. The van der Waals surface area contributed by atoms with Gasteiger partial charge in [-0.1, -0.05) is 13.8 Å². The summed E-state index contributed by atoms with van der Waals surface area (Å²) in [4.78, 5) is 39.0. The molecule has 0 aromatic carbocycles. The molecule has 3 rings (SSSR count). The van der Waals surface area contributed by atoms with Crippen LogP contribution in [0.1, 0.15) is 34.1 Å². The molecule has 0 radical (unpaired) electrons. The molecule has 3 aliphatic heterocycles. The number of rotatable bonds is 9. The molecule has 0 aromatic heterocycles. The van der Waals surface area contributed by atoms with Gasteiger partial charge in [0, 0.05) is 35.2 Å². The maximum atomic E-state index is 12.6. The van der Waals surface area contributed by atoms with E-state index < -0.39 is 23.2 Å². The van der Waals surface area contributed by atoms with Crippen LogP contribution in [0.15, 0.2) is 10.6 Å². The Morgan fingerprint density at radius 2 is 2.03 bits per heavy atom. The Kier molecular flexibility index (Phi) is 7.62. The second kappa shape index (κ2) is 9.70. The zero-order chi connectivity index (χ0) is 23.0. The van der Waals surface area contributed by atoms with Crippen LogP contribution in [-0.2, 0) is 14.4 Å². The maximum Gasteiger partial charge on any atom is 0.353 e. The van der Waals surface area contributed by atoms with Crippen molar-refractivity contribution in [1.29, 1.82) is 0 Å². The van der Waals surface area contributed by atoms with E-state index in [2.05, 4.69) is 5.32 Å².